The van der Waals surface area contributed by atoms with Gasteiger partial charge in [0.1, 0.15) is 5.60 Å². The van der Waals surface area contributed by atoms with Crippen molar-refractivity contribution < 1.29 is 13.9 Å². The third kappa shape index (κ3) is 4.97. The molecule has 0 saturated carbocycles. The molecule has 0 spiro atoms. The second-order valence-corrected chi connectivity index (χ2v) is 7.85. The average Bonchev–Trinajstić information content (AvgIpc) is 3.07. The molecule has 3 heterocycles. The summed E-state index contributed by atoms with van der Waals surface area (Å²) in [5.41, 5.74) is 0.789. The first-order valence-corrected chi connectivity index (χ1v) is 9.09. The fourth-order valence-electron chi connectivity index (χ4n) is 3.11. The maximum Gasteiger partial charge on any atom is 0.407 e. The highest BCUT2D eigenvalue weighted by atomic mass is 16.6. The maximum absolute atomic E-state index is 12.5. The van der Waals surface area contributed by atoms with Gasteiger partial charge in [0.25, 0.3) is 5.56 Å². The van der Waals surface area contributed by atoms with Gasteiger partial charge in [-0.2, -0.15) is 0 Å². The maximum atomic E-state index is 12.5. The number of fused-ring (bicyclic) bond motifs is 1. The monoisotopic (exact) mass is 374 g/mol. The predicted octanol–water partition coefficient (Wildman–Crippen LogP) is 2.30. The van der Waals surface area contributed by atoms with Gasteiger partial charge in [0, 0.05) is 32.1 Å². The molecule has 2 N–H and O–H groups in total. The number of nitrogens with zero attached hydrogens (tertiary/aromatic N) is 2. The largest absolute Gasteiger partial charge is 0.461 e. The molecule has 3 rings (SSSR count). The summed E-state index contributed by atoms with van der Waals surface area (Å²) >= 11 is 0. The van der Waals surface area contributed by atoms with Crippen molar-refractivity contribution in [3.05, 3.63) is 40.0 Å². The van der Waals surface area contributed by atoms with E-state index in [1.807, 2.05) is 27.7 Å². The molecule has 2 aromatic rings. The molecule has 0 aliphatic carbocycles. The Labute approximate surface area is 157 Å². The van der Waals surface area contributed by atoms with Gasteiger partial charge in [-0.3, -0.25) is 9.69 Å². The van der Waals surface area contributed by atoms with Gasteiger partial charge in [0.15, 0.2) is 11.6 Å². The normalized spacial score (nSPS) is 15.9. The number of alkyl carbamates (subject to hydrolysis) is 1. The highest BCUT2D eigenvalue weighted by Gasteiger charge is 2.24. The molecule has 27 heavy (non-hydrogen) atoms. The van der Waals surface area contributed by atoms with Crippen molar-refractivity contribution >= 4 is 6.09 Å². The van der Waals surface area contributed by atoms with Gasteiger partial charge < -0.3 is 19.5 Å². The molecule has 8 heteroatoms. The highest BCUT2D eigenvalue weighted by molar-refractivity contribution is 5.68. The van der Waals surface area contributed by atoms with Crippen molar-refractivity contribution in [2.24, 2.45) is 0 Å². The van der Waals surface area contributed by atoms with E-state index in [4.69, 9.17) is 9.15 Å². The molecule has 1 amide bonds. The van der Waals surface area contributed by atoms with Gasteiger partial charge in [-0.1, -0.05) is 0 Å². The summed E-state index contributed by atoms with van der Waals surface area (Å²) in [5, 5.41) is 2.83. The van der Waals surface area contributed by atoms with E-state index in [9.17, 15) is 9.59 Å². The van der Waals surface area contributed by atoms with E-state index >= 15 is 0 Å². The minimum absolute atomic E-state index is 0.101. The van der Waals surface area contributed by atoms with Gasteiger partial charge >= 0.3 is 6.09 Å². The SMILES string of the molecule is CC(CN1CCc2nc(-c3ccco3)[nH]c(=O)c2C1)NC(=O)OC(C)(C)C. The number of hydrogen-bond acceptors (Lipinski definition) is 6. The molecular weight excluding hydrogens is 348 g/mol. The Morgan fingerprint density at radius 3 is 2.93 bits per heavy atom. The number of H-pyrrole nitrogens is 1. The van der Waals surface area contributed by atoms with Gasteiger partial charge in [-0.25, -0.2) is 9.78 Å². The number of hydrogen-bond donors (Lipinski definition) is 2. The molecule has 8 nitrogen and oxygen atoms in total. The number of aromatic nitrogens is 2. The number of rotatable bonds is 4. The second kappa shape index (κ2) is 7.56. The number of furan rings is 1. The Bertz CT molecular complexity index is 852. The number of amides is 1. The van der Waals surface area contributed by atoms with Crippen LogP contribution in [-0.4, -0.2) is 45.7 Å². The number of carbonyl (C=O) groups excluding carboxylic acids is 1. The summed E-state index contributed by atoms with van der Waals surface area (Å²) in [6.45, 7) is 9.29. The molecule has 0 bridgehead atoms. The van der Waals surface area contributed by atoms with Crippen LogP contribution < -0.4 is 10.9 Å². The predicted molar refractivity (Wildman–Crippen MR) is 100 cm³/mol. The zero-order chi connectivity index (χ0) is 19.6. The average molecular weight is 374 g/mol. The summed E-state index contributed by atoms with van der Waals surface area (Å²) in [6.07, 6.45) is 1.79. The summed E-state index contributed by atoms with van der Waals surface area (Å²) in [5.74, 6) is 1.00. The van der Waals surface area contributed by atoms with Crippen LogP contribution in [0.15, 0.2) is 27.6 Å². The van der Waals surface area contributed by atoms with Crippen molar-refractivity contribution in [1.82, 2.24) is 20.2 Å². The standard InChI is InChI=1S/C19H26N4O4/c1-12(20-18(25)27-19(2,3)4)10-23-8-7-14-13(11-23)17(24)22-16(21-14)15-6-5-9-26-15/h5-6,9,12H,7-8,10-11H2,1-4H3,(H,20,25)(H,21,22,24). The lowest BCUT2D eigenvalue weighted by Crippen LogP contribution is -2.46. The lowest BCUT2D eigenvalue weighted by molar-refractivity contribution is 0.0495. The van der Waals surface area contributed by atoms with Crippen molar-refractivity contribution in [2.45, 2.75) is 52.3 Å². The summed E-state index contributed by atoms with van der Waals surface area (Å²) < 4.78 is 10.6. The van der Waals surface area contributed by atoms with Crippen molar-refractivity contribution in [3.63, 3.8) is 0 Å². The van der Waals surface area contributed by atoms with Crippen LogP contribution in [0.1, 0.15) is 39.0 Å². The van der Waals surface area contributed by atoms with Gasteiger partial charge in [-0.15, -0.1) is 0 Å². The summed E-state index contributed by atoms with van der Waals surface area (Å²) in [7, 11) is 0. The molecule has 0 fully saturated rings. The molecule has 1 atom stereocenters. The minimum Gasteiger partial charge on any atom is -0.461 e. The molecule has 1 aliphatic rings. The number of nitrogens with one attached hydrogen (secondary N) is 2. The van der Waals surface area contributed by atoms with E-state index < -0.39 is 11.7 Å². The van der Waals surface area contributed by atoms with Crippen LogP contribution in [0.5, 0.6) is 0 Å². The van der Waals surface area contributed by atoms with E-state index in [1.165, 1.54) is 0 Å². The molecular formula is C19H26N4O4. The Hall–Kier alpha value is -2.61. The Kier molecular flexibility index (Phi) is 5.36. The van der Waals surface area contributed by atoms with Crippen LogP contribution in [0.2, 0.25) is 0 Å². The zero-order valence-electron chi connectivity index (χ0n) is 16.2. The number of ether oxygens (including phenoxy) is 1. The molecule has 1 unspecified atom stereocenters. The lowest BCUT2D eigenvalue weighted by atomic mass is 10.1. The van der Waals surface area contributed by atoms with Gasteiger partial charge in [-0.05, 0) is 39.8 Å². The van der Waals surface area contributed by atoms with Crippen LogP contribution in [0.3, 0.4) is 0 Å². The molecule has 0 radical (unpaired) electrons. The van der Waals surface area contributed by atoms with E-state index in [0.29, 0.717) is 36.7 Å². The molecule has 2 aromatic heterocycles. The van der Waals surface area contributed by atoms with Crippen molar-refractivity contribution in [1.29, 1.82) is 0 Å². The van der Waals surface area contributed by atoms with Crippen LogP contribution in [-0.2, 0) is 17.7 Å². The van der Waals surface area contributed by atoms with Crippen molar-refractivity contribution in [2.75, 3.05) is 13.1 Å². The summed E-state index contributed by atoms with van der Waals surface area (Å²) in [6, 6.07) is 3.43. The van der Waals surface area contributed by atoms with Crippen molar-refractivity contribution in [3.8, 4) is 11.6 Å². The lowest BCUT2D eigenvalue weighted by Gasteiger charge is -2.30. The van der Waals surface area contributed by atoms with Crippen LogP contribution in [0.25, 0.3) is 11.6 Å². The number of aromatic amines is 1. The first-order valence-electron chi connectivity index (χ1n) is 9.09. The van der Waals surface area contributed by atoms with Crippen LogP contribution in [0, 0.1) is 0 Å². The quantitative estimate of drug-likeness (QED) is 0.852. The molecule has 1 aliphatic heterocycles. The minimum atomic E-state index is -0.529. The Balaban J connectivity index is 1.63. The van der Waals surface area contributed by atoms with E-state index in [1.54, 1.807) is 18.4 Å². The topological polar surface area (TPSA) is 100 Å². The Morgan fingerprint density at radius 2 is 2.26 bits per heavy atom. The second-order valence-electron chi connectivity index (χ2n) is 7.85. The van der Waals surface area contributed by atoms with E-state index in [-0.39, 0.29) is 11.6 Å². The third-order valence-corrected chi connectivity index (χ3v) is 4.20. The first kappa shape index (κ1) is 19.2. The van der Waals surface area contributed by atoms with Gasteiger partial charge in [0.2, 0.25) is 0 Å². The van der Waals surface area contributed by atoms with Crippen LogP contribution in [0.4, 0.5) is 4.79 Å². The Morgan fingerprint density at radius 1 is 1.48 bits per heavy atom. The molecule has 0 aromatic carbocycles. The smallest absolute Gasteiger partial charge is 0.407 e. The number of carbonyl (C=O) groups is 1. The highest BCUT2D eigenvalue weighted by Crippen LogP contribution is 2.19. The van der Waals surface area contributed by atoms with E-state index in [2.05, 4.69) is 20.2 Å². The zero-order valence-corrected chi connectivity index (χ0v) is 16.2. The third-order valence-electron chi connectivity index (χ3n) is 4.20. The van der Waals surface area contributed by atoms with Crippen LogP contribution >= 0.6 is 0 Å². The molecule has 0 saturated heterocycles. The first-order chi connectivity index (χ1) is 12.7. The summed E-state index contributed by atoms with van der Waals surface area (Å²) in [4.78, 5) is 33.9. The molecule has 146 valence electrons. The fraction of sp³-hybridized carbons (Fsp3) is 0.526. The van der Waals surface area contributed by atoms with E-state index in [0.717, 1.165) is 12.2 Å². The fourth-order valence-corrected chi connectivity index (χ4v) is 3.11. The van der Waals surface area contributed by atoms with Gasteiger partial charge in [0.05, 0.1) is 17.5 Å².